The molecule has 148 valence electrons. The normalized spacial score (nSPS) is 18.1. The van der Waals surface area contributed by atoms with E-state index in [0.29, 0.717) is 18.5 Å². The van der Waals surface area contributed by atoms with Crippen LogP contribution in [0.3, 0.4) is 0 Å². The Bertz CT molecular complexity index is 685. The Kier molecular flexibility index (Phi) is 9.58. The van der Waals surface area contributed by atoms with Crippen molar-refractivity contribution in [1.82, 2.24) is 10.2 Å². The molecular weight excluding hydrogens is 467 g/mol. The van der Waals surface area contributed by atoms with Crippen molar-refractivity contribution in [2.24, 2.45) is 10.7 Å². The topological polar surface area (TPSA) is 53.6 Å². The molecule has 3 N–H and O–H groups in total. The van der Waals surface area contributed by atoms with Crippen molar-refractivity contribution >= 4 is 41.3 Å². The molecule has 2 heterocycles. The van der Waals surface area contributed by atoms with Crippen molar-refractivity contribution < 1.29 is 0 Å². The molecule has 1 aromatic carbocycles. The minimum Gasteiger partial charge on any atom is -0.370 e. The summed E-state index contributed by atoms with van der Waals surface area (Å²) in [6, 6.07) is 13.7. The molecule has 1 aromatic heterocycles. The number of guanidine groups is 1. The summed E-state index contributed by atoms with van der Waals surface area (Å²) in [5, 5.41) is 5.29. The number of thiophene rings is 1. The van der Waals surface area contributed by atoms with Gasteiger partial charge in [0.25, 0.3) is 0 Å². The van der Waals surface area contributed by atoms with Crippen LogP contribution in [0, 0.1) is 0 Å². The third-order valence-electron chi connectivity index (χ3n) is 5.04. The van der Waals surface area contributed by atoms with Crippen LogP contribution in [0.1, 0.15) is 42.2 Å². The number of piperidine rings is 1. The lowest BCUT2D eigenvalue weighted by molar-refractivity contribution is 0.152. The molecule has 27 heavy (non-hydrogen) atoms. The van der Waals surface area contributed by atoms with E-state index < -0.39 is 0 Å². The van der Waals surface area contributed by atoms with Gasteiger partial charge in [0.2, 0.25) is 0 Å². The van der Waals surface area contributed by atoms with Gasteiger partial charge in [0, 0.05) is 24.0 Å². The zero-order valence-corrected chi connectivity index (χ0v) is 19.2. The maximum atomic E-state index is 5.97. The maximum absolute atomic E-state index is 5.97. The number of hydrogen-bond acceptors (Lipinski definition) is 3. The predicted molar refractivity (Wildman–Crippen MR) is 127 cm³/mol. The van der Waals surface area contributed by atoms with Crippen molar-refractivity contribution in [1.29, 1.82) is 0 Å². The largest absolute Gasteiger partial charge is 0.370 e. The Morgan fingerprint density at radius 2 is 2.00 bits per heavy atom. The van der Waals surface area contributed by atoms with Crippen LogP contribution >= 0.6 is 35.3 Å². The highest BCUT2D eigenvalue weighted by molar-refractivity contribution is 14.0. The lowest BCUT2D eigenvalue weighted by Gasteiger charge is -2.33. The zero-order chi connectivity index (χ0) is 18.2. The monoisotopic (exact) mass is 498 g/mol. The lowest BCUT2D eigenvalue weighted by atomic mass is 10.0. The molecule has 0 spiro atoms. The second-order valence-corrected chi connectivity index (χ2v) is 8.12. The van der Waals surface area contributed by atoms with Gasteiger partial charge in [0.15, 0.2) is 5.96 Å². The number of nitrogens with one attached hydrogen (secondary N) is 1. The first kappa shape index (κ1) is 22.2. The molecule has 1 aliphatic rings. The van der Waals surface area contributed by atoms with Crippen molar-refractivity contribution in [3.63, 3.8) is 0 Å². The molecule has 0 bridgehead atoms. The quantitative estimate of drug-likeness (QED) is 0.338. The summed E-state index contributed by atoms with van der Waals surface area (Å²) >= 11 is 1.77. The molecule has 2 aromatic rings. The number of nitrogens with two attached hydrogens (primary N) is 1. The maximum Gasteiger partial charge on any atom is 0.188 e. The first-order chi connectivity index (χ1) is 12.7. The van der Waals surface area contributed by atoms with Crippen LogP contribution in [0.15, 0.2) is 46.8 Å². The van der Waals surface area contributed by atoms with Crippen molar-refractivity contribution in [2.75, 3.05) is 13.1 Å². The van der Waals surface area contributed by atoms with Crippen molar-refractivity contribution in [2.45, 2.75) is 51.7 Å². The Labute approximate surface area is 184 Å². The molecule has 4 nitrogen and oxygen atoms in total. The van der Waals surface area contributed by atoms with Gasteiger partial charge in [0.05, 0.1) is 6.54 Å². The summed E-state index contributed by atoms with van der Waals surface area (Å²) in [5.41, 5.74) is 8.55. The Hall–Kier alpha value is -1.12. The predicted octanol–water partition coefficient (Wildman–Crippen LogP) is 4.39. The number of hydrogen-bond donors (Lipinski definition) is 2. The standard InChI is InChI=1S/C21H30N4S.HI/c1-17-5-2-3-13-25(17)16-19-9-7-18(8-10-19)15-24-21(22)23-12-11-20-6-4-14-26-20;/h4,6-10,14,17H,2-3,5,11-13,15-16H2,1H3,(H3,22,23,24);1H. The van der Waals surface area contributed by atoms with E-state index in [-0.39, 0.29) is 24.0 Å². The fourth-order valence-electron chi connectivity index (χ4n) is 3.38. The van der Waals surface area contributed by atoms with Gasteiger partial charge in [-0.25, -0.2) is 4.99 Å². The minimum atomic E-state index is 0. The van der Waals surface area contributed by atoms with Crippen molar-refractivity contribution in [3.05, 3.63) is 57.8 Å². The van der Waals surface area contributed by atoms with E-state index in [4.69, 9.17) is 5.73 Å². The first-order valence-corrected chi connectivity index (χ1v) is 10.5. The molecule has 1 unspecified atom stereocenters. The second kappa shape index (κ2) is 11.7. The van der Waals surface area contributed by atoms with Crippen LogP contribution in [0.5, 0.6) is 0 Å². The van der Waals surface area contributed by atoms with Crippen molar-refractivity contribution in [3.8, 4) is 0 Å². The molecule has 3 rings (SSSR count). The van der Waals surface area contributed by atoms with Gasteiger partial charge in [-0.15, -0.1) is 35.3 Å². The van der Waals surface area contributed by atoms with Crippen LogP contribution in [-0.4, -0.2) is 30.0 Å². The van der Waals surface area contributed by atoms with Crippen LogP contribution < -0.4 is 11.1 Å². The average molecular weight is 498 g/mol. The smallest absolute Gasteiger partial charge is 0.188 e. The fraction of sp³-hybridized carbons (Fsp3) is 0.476. The third-order valence-corrected chi connectivity index (χ3v) is 5.97. The van der Waals surface area contributed by atoms with Crippen LogP contribution in [-0.2, 0) is 19.5 Å². The lowest BCUT2D eigenvalue weighted by Crippen LogP contribution is -2.36. The summed E-state index contributed by atoms with van der Waals surface area (Å²) in [4.78, 5) is 8.40. The minimum absolute atomic E-state index is 0. The molecule has 0 radical (unpaired) electrons. The molecule has 1 atom stereocenters. The number of benzene rings is 1. The van der Waals surface area contributed by atoms with Gasteiger partial charge in [-0.3, -0.25) is 4.90 Å². The highest BCUT2D eigenvalue weighted by Crippen LogP contribution is 2.19. The van der Waals surface area contributed by atoms with Gasteiger partial charge >= 0.3 is 0 Å². The molecule has 0 aliphatic carbocycles. The van der Waals surface area contributed by atoms with Crippen LogP contribution in [0.4, 0.5) is 0 Å². The average Bonchev–Trinajstić information content (AvgIpc) is 3.16. The third kappa shape index (κ3) is 7.43. The molecule has 1 aliphatic heterocycles. The molecule has 0 amide bonds. The highest BCUT2D eigenvalue weighted by atomic mass is 127. The summed E-state index contributed by atoms with van der Waals surface area (Å²) in [6.07, 6.45) is 5.01. The van der Waals surface area contributed by atoms with Gasteiger partial charge in [-0.1, -0.05) is 36.8 Å². The molecular formula is C21H31IN4S. The molecule has 6 heteroatoms. The Morgan fingerprint density at radius 3 is 2.70 bits per heavy atom. The van der Waals surface area contributed by atoms with E-state index in [9.17, 15) is 0 Å². The van der Waals surface area contributed by atoms with Gasteiger partial charge in [-0.05, 0) is 55.3 Å². The number of likely N-dealkylation sites (tertiary alicyclic amines) is 1. The summed E-state index contributed by atoms with van der Waals surface area (Å²) in [6.45, 7) is 6.07. The molecule has 1 fully saturated rings. The number of nitrogens with zero attached hydrogens (tertiary/aromatic N) is 2. The Morgan fingerprint density at radius 1 is 1.22 bits per heavy atom. The van der Waals surface area contributed by atoms with Gasteiger partial charge in [-0.2, -0.15) is 0 Å². The Balaban J connectivity index is 0.00000261. The number of halogens is 1. The summed E-state index contributed by atoms with van der Waals surface area (Å²) < 4.78 is 0. The summed E-state index contributed by atoms with van der Waals surface area (Å²) in [7, 11) is 0. The van der Waals surface area contributed by atoms with Crippen LogP contribution in [0.25, 0.3) is 0 Å². The molecule has 0 saturated carbocycles. The zero-order valence-electron chi connectivity index (χ0n) is 16.1. The van der Waals surface area contributed by atoms with E-state index in [0.717, 1.165) is 19.5 Å². The SMILES string of the molecule is CC1CCCCN1Cc1ccc(CN=C(N)NCCc2cccs2)cc1.I. The van der Waals surface area contributed by atoms with E-state index in [1.807, 2.05) is 0 Å². The fourth-order valence-corrected chi connectivity index (χ4v) is 4.09. The van der Waals surface area contributed by atoms with E-state index in [1.54, 1.807) is 11.3 Å². The van der Waals surface area contributed by atoms with E-state index in [2.05, 4.69) is 63.9 Å². The second-order valence-electron chi connectivity index (χ2n) is 7.09. The number of aliphatic imine (C=N–C) groups is 1. The van der Waals surface area contributed by atoms with E-state index >= 15 is 0 Å². The van der Waals surface area contributed by atoms with Gasteiger partial charge in [0.1, 0.15) is 0 Å². The highest BCUT2D eigenvalue weighted by Gasteiger charge is 2.17. The number of rotatable bonds is 7. The first-order valence-electron chi connectivity index (χ1n) is 9.59. The molecule has 1 saturated heterocycles. The van der Waals surface area contributed by atoms with Gasteiger partial charge < -0.3 is 11.1 Å². The summed E-state index contributed by atoms with van der Waals surface area (Å²) in [5.74, 6) is 0.521. The van der Waals surface area contributed by atoms with Crippen LogP contribution in [0.2, 0.25) is 0 Å². The van der Waals surface area contributed by atoms with E-state index in [1.165, 1.54) is 41.8 Å².